The molecular weight excluding hydrogens is 418 g/mol. The first-order valence-electron chi connectivity index (χ1n) is 8.52. The third kappa shape index (κ3) is 4.13. The molecule has 3 amide bonds. The van der Waals surface area contributed by atoms with Crippen LogP contribution in [0.1, 0.15) is 18.5 Å². The van der Waals surface area contributed by atoms with Crippen molar-refractivity contribution in [2.75, 3.05) is 0 Å². The van der Waals surface area contributed by atoms with E-state index in [0.29, 0.717) is 10.5 Å². The van der Waals surface area contributed by atoms with E-state index in [-0.39, 0.29) is 22.2 Å². The molecule has 0 aliphatic carbocycles. The SMILES string of the molecule is CC1=NC(=O)N(C(=O)Oc2ccc([N+](=O)[O-])cc2)C(c2cccc(Cl)c2)C1C(=O)O. The van der Waals surface area contributed by atoms with Gasteiger partial charge in [0, 0.05) is 22.9 Å². The highest BCUT2D eigenvalue weighted by molar-refractivity contribution is 6.30. The number of aliphatic carboxylic acids is 1. The molecule has 0 fully saturated rings. The van der Waals surface area contributed by atoms with Crippen LogP contribution in [0.2, 0.25) is 5.02 Å². The van der Waals surface area contributed by atoms with Gasteiger partial charge in [-0.3, -0.25) is 14.9 Å². The molecule has 0 spiro atoms. The van der Waals surface area contributed by atoms with E-state index in [2.05, 4.69) is 4.99 Å². The Kier molecular flexibility index (Phi) is 5.79. The van der Waals surface area contributed by atoms with Crippen molar-refractivity contribution in [3.63, 3.8) is 0 Å². The Labute approximate surface area is 174 Å². The molecule has 0 radical (unpaired) electrons. The van der Waals surface area contributed by atoms with Crippen LogP contribution in [0.4, 0.5) is 15.3 Å². The van der Waals surface area contributed by atoms with Gasteiger partial charge in [-0.15, -0.1) is 0 Å². The van der Waals surface area contributed by atoms with E-state index in [0.717, 1.165) is 12.1 Å². The molecular formula is C19H14ClN3O7. The summed E-state index contributed by atoms with van der Waals surface area (Å²) in [5.74, 6) is -2.67. The number of halogens is 1. The Bertz CT molecular complexity index is 1070. The monoisotopic (exact) mass is 431 g/mol. The summed E-state index contributed by atoms with van der Waals surface area (Å²) >= 11 is 6.01. The Balaban J connectivity index is 2.00. The number of urea groups is 1. The van der Waals surface area contributed by atoms with Gasteiger partial charge in [0.2, 0.25) is 0 Å². The van der Waals surface area contributed by atoms with Crippen LogP contribution in [0.5, 0.6) is 5.75 Å². The molecule has 1 aliphatic heterocycles. The van der Waals surface area contributed by atoms with E-state index in [1.807, 2.05) is 0 Å². The number of carboxylic acid groups (broad SMARTS) is 1. The number of imide groups is 1. The second-order valence-electron chi connectivity index (χ2n) is 6.34. The number of nitro groups is 1. The Hall–Kier alpha value is -3.79. The van der Waals surface area contributed by atoms with E-state index < -0.39 is 35.0 Å². The molecule has 2 aromatic rings. The maximum absolute atomic E-state index is 12.8. The van der Waals surface area contributed by atoms with Crippen LogP contribution in [0, 0.1) is 16.0 Å². The fourth-order valence-corrected chi connectivity index (χ4v) is 3.29. The van der Waals surface area contributed by atoms with E-state index >= 15 is 0 Å². The van der Waals surface area contributed by atoms with Gasteiger partial charge in [0.05, 0.1) is 11.0 Å². The first kappa shape index (κ1) is 20.9. The van der Waals surface area contributed by atoms with Crippen molar-refractivity contribution in [2.24, 2.45) is 10.9 Å². The van der Waals surface area contributed by atoms with Crippen molar-refractivity contribution in [3.8, 4) is 5.75 Å². The zero-order chi connectivity index (χ0) is 22.0. The number of amides is 3. The van der Waals surface area contributed by atoms with Crippen molar-refractivity contribution >= 4 is 41.1 Å². The Morgan fingerprint density at radius 3 is 2.47 bits per heavy atom. The zero-order valence-electron chi connectivity index (χ0n) is 15.4. The molecule has 2 aromatic carbocycles. The molecule has 154 valence electrons. The van der Waals surface area contributed by atoms with E-state index in [9.17, 15) is 29.6 Å². The van der Waals surface area contributed by atoms with E-state index in [1.54, 1.807) is 12.1 Å². The molecule has 0 bridgehead atoms. The molecule has 1 aliphatic rings. The Morgan fingerprint density at radius 1 is 1.23 bits per heavy atom. The quantitative estimate of drug-likeness (QED) is 0.568. The topological polar surface area (TPSA) is 139 Å². The molecule has 2 atom stereocenters. The van der Waals surface area contributed by atoms with Crippen LogP contribution < -0.4 is 4.74 Å². The number of rotatable bonds is 4. The summed E-state index contributed by atoms with van der Waals surface area (Å²) in [7, 11) is 0. The number of carbonyl (C=O) groups excluding carboxylic acids is 2. The van der Waals surface area contributed by atoms with Gasteiger partial charge < -0.3 is 9.84 Å². The maximum Gasteiger partial charge on any atom is 0.424 e. The fraction of sp³-hybridized carbons (Fsp3) is 0.158. The van der Waals surface area contributed by atoms with Crippen molar-refractivity contribution in [2.45, 2.75) is 13.0 Å². The summed E-state index contributed by atoms with van der Waals surface area (Å²) in [5, 5.41) is 20.7. The highest BCUT2D eigenvalue weighted by Crippen LogP contribution is 2.36. The zero-order valence-corrected chi connectivity index (χ0v) is 16.1. The number of carbonyl (C=O) groups is 3. The number of non-ortho nitro benzene ring substituents is 1. The minimum absolute atomic E-state index is 0.0249. The van der Waals surface area contributed by atoms with Gasteiger partial charge in [-0.05, 0) is 36.8 Å². The summed E-state index contributed by atoms with van der Waals surface area (Å²) in [4.78, 5) is 51.6. The van der Waals surface area contributed by atoms with Gasteiger partial charge in [0.25, 0.3) is 5.69 Å². The summed E-state index contributed by atoms with van der Waals surface area (Å²) in [5.41, 5.74) is 0.113. The van der Waals surface area contributed by atoms with E-state index in [4.69, 9.17) is 16.3 Å². The third-order valence-electron chi connectivity index (χ3n) is 4.43. The van der Waals surface area contributed by atoms with Gasteiger partial charge in [0.1, 0.15) is 11.7 Å². The summed E-state index contributed by atoms with van der Waals surface area (Å²) in [6, 6.07) is 8.45. The van der Waals surface area contributed by atoms with Crippen LogP contribution in [-0.2, 0) is 4.79 Å². The molecule has 10 nitrogen and oxygen atoms in total. The van der Waals surface area contributed by atoms with Gasteiger partial charge in [-0.2, -0.15) is 0 Å². The van der Waals surface area contributed by atoms with Gasteiger partial charge in [0.15, 0.2) is 0 Å². The molecule has 3 rings (SSSR count). The summed E-state index contributed by atoms with van der Waals surface area (Å²) in [6.07, 6.45) is -1.18. The van der Waals surface area contributed by atoms with E-state index in [1.165, 1.54) is 31.2 Å². The molecule has 30 heavy (non-hydrogen) atoms. The number of benzene rings is 2. The van der Waals surface area contributed by atoms with Crippen LogP contribution in [-0.4, -0.2) is 38.7 Å². The summed E-state index contributed by atoms with van der Waals surface area (Å²) in [6.45, 7) is 1.38. The largest absolute Gasteiger partial charge is 0.481 e. The minimum Gasteiger partial charge on any atom is -0.481 e. The fourth-order valence-electron chi connectivity index (χ4n) is 3.09. The highest BCUT2D eigenvalue weighted by atomic mass is 35.5. The van der Waals surface area contributed by atoms with Crippen molar-refractivity contribution < 1.29 is 29.2 Å². The summed E-state index contributed by atoms with van der Waals surface area (Å²) < 4.78 is 5.15. The lowest BCUT2D eigenvalue weighted by molar-refractivity contribution is -0.384. The van der Waals surface area contributed by atoms with Crippen LogP contribution >= 0.6 is 11.6 Å². The predicted octanol–water partition coefficient (Wildman–Crippen LogP) is 4.09. The minimum atomic E-state index is -1.31. The van der Waals surface area contributed by atoms with Gasteiger partial charge in [-0.1, -0.05) is 23.7 Å². The van der Waals surface area contributed by atoms with Gasteiger partial charge >= 0.3 is 18.1 Å². The smallest absolute Gasteiger partial charge is 0.424 e. The lowest BCUT2D eigenvalue weighted by Crippen LogP contribution is -2.50. The first-order valence-corrected chi connectivity index (χ1v) is 8.89. The standard InChI is InChI=1S/C19H14ClN3O7/c1-10-15(17(24)25)16(11-3-2-4-12(20)9-11)22(18(26)21-10)19(27)30-14-7-5-13(6-8-14)23(28)29/h2-9,15-16H,1H3,(H,24,25). The number of hydrogen-bond acceptors (Lipinski definition) is 6. The number of nitrogens with zero attached hydrogens (tertiary/aromatic N) is 3. The average molecular weight is 432 g/mol. The molecule has 1 heterocycles. The third-order valence-corrected chi connectivity index (χ3v) is 4.66. The molecule has 1 N–H and O–H groups in total. The molecule has 0 saturated carbocycles. The lowest BCUT2D eigenvalue weighted by Gasteiger charge is -2.35. The van der Waals surface area contributed by atoms with Crippen LogP contribution in [0.25, 0.3) is 0 Å². The Morgan fingerprint density at radius 2 is 1.90 bits per heavy atom. The number of hydrogen-bond donors (Lipinski definition) is 1. The molecule has 0 aromatic heterocycles. The van der Waals surface area contributed by atoms with Crippen LogP contribution in [0.3, 0.4) is 0 Å². The molecule has 0 saturated heterocycles. The lowest BCUT2D eigenvalue weighted by atomic mass is 9.87. The second kappa shape index (κ2) is 8.29. The number of carboxylic acids is 1. The van der Waals surface area contributed by atoms with Gasteiger partial charge in [-0.25, -0.2) is 19.5 Å². The maximum atomic E-state index is 12.8. The molecule has 11 heteroatoms. The average Bonchev–Trinajstić information content (AvgIpc) is 2.67. The first-order chi connectivity index (χ1) is 14.2. The van der Waals surface area contributed by atoms with Crippen molar-refractivity contribution in [1.29, 1.82) is 0 Å². The number of aliphatic imine (C=N–C) groups is 1. The number of nitro benzene ring substituents is 1. The van der Waals surface area contributed by atoms with Crippen molar-refractivity contribution in [1.82, 2.24) is 4.90 Å². The molecule has 2 unspecified atom stereocenters. The van der Waals surface area contributed by atoms with Crippen molar-refractivity contribution in [3.05, 3.63) is 69.2 Å². The predicted molar refractivity (Wildman–Crippen MR) is 105 cm³/mol. The number of ether oxygens (including phenoxy) is 1. The highest BCUT2D eigenvalue weighted by Gasteiger charge is 2.46. The van der Waals surface area contributed by atoms with Crippen LogP contribution in [0.15, 0.2) is 53.5 Å². The second-order valence-corrected chi connectivity index (χ2v) is 6.78. The normalized spacial score (nSPS) is 18.5.